The largest absolute Gasteiger partial charge is 0.493 e. The lowest BCUT2D eigenvalue weighted by molar-refractivity contribution is 0.0944. The normalized spacial score (nSPS) is 18.1. The maximum atomic E-state index is 13.2. The second-order valence-electron chi connectivity index (χ2n) is 9.07. The topological polar surface area (TPSA) is 101 Å². The van der Waals surface area contributed by atoms with Crippen LogP contribution >= 0.6 is 11.6 Å². The molecule has 2 atom stereocenters. The van der Waals surface area contributed by atoms with E-state index in [1.165, 1.54) is 0 Å². The minimum absolute atomic E-state index is 0.0131. The molecular weight excluding hydrogens is 466 g/mol. The highest BCUT2D eigenvalue weighted by molar-refractivity contribution is 6.32. The van der Waals surface area contributed by atoms with Crippen molar-refractivity contribution < 1.29 is 14.3 Å². The standard InChI is InChI=1S/C26H24ClN5O3/c1-12(2)35-19-8-7-16-21(31-19)13(9-10-28-16)23-24(29-17-6-4-5-15(27)25(17)34-3)20-22(32-23)14-11-18(14)30-26(20)33/h4-10,12,14,18,29,32H,11H2,1-3H3,(H,30,33)/t14-,18+/m0/s1. The first-order valence-corrected chi connectivity index (χ1v) is 11.9. The van der Waals surface area contributed by atoms with Gasteiger partial charge in [-0.2, -0.15) is 0 Å². The molecular formula is C26H24ClN5O3. The zero-order chi connectivity index (χ0) is 24.3. The summed E-state index contributed by atoms with van der Waals surface area (Å²) in [5, 5.41) is 7.02. The van der Waals surface area contributed by atoms with Crippen LogP contribution in [0.1, 0.15) is 42.2 Å². The van der Waals surface area contributed by atoms with Gasteiger partial charge >= 0.3 is 0 Å². The number of aromatic amines is 1. The van der Waals surface area contributed by atoms with Crippen molar-refractivity contribution in [2.24, 2.45) is 0 Å². The molecule has 1 saturated carbocycles. The van der Waals surface area contributed by atoms with Crippen molar-refractivity contribution in [2.75, 3.05) is 12.4 Å². The highest BCUT2D eigenvalue weighted by Gasteiger charge is 2.48. The number of hydrogen-bond donors (Lipinski definition) is 3. The number of H-pyrrole nitrogens is 1. The van der Waals surface area contributed by atoms with Gasteiger partial charge < -0.3 is 25.1 Å². The van der Waals surface area contributed by atoms with Gasteiger partial charge in [0.05, 0.1) is 46.4 Å². The Bertz CT molecular complexity index is 1480. The van der Waals surface area contributed by atoms with Crippen LogP contribution in [0.25, 0.3) is 22.3 Å². The van der Waals surface area contributed by atoms with Gasteiger partial charge in [0.2, 0.25) is 5.88 Å². The van der Waals surface area contributed by atoms with Crippen LogP contribution in [-0.2, 0) is 0 Å². The average molecular weight is 490 g/mol. The molecule has 0 unspecified atom stereocenters. The Hall–Kier alpha value is -3.78. The van der Waals surface area contributed by atoms with Crippen LogP contribution in [0.4, 0.5) is 11.4 Å². The summed E-state index contributed by atoms with van der Waals surface area (Å²) in [5.41, 5.74) is 5.80. The molecule has 3 N–H and O–H groups in total. The van der Waals surface area contributed by atoms with E-state index in [2.05, 4.69) is 20.6 Å². The smallest absolute Gasteiger partial charge is 0.255 e. The number of anilines is 2. The van der Waals surface area contributed by atoms with E-state index in [9.17, 15) is 4.79 Å². The minimum atomic E-state index is -0.111. The number of carbonyl (C=O) groups is 1. The zero-order valence-electron chi connectivity index (χ0n) is 19.5. The minimum Gasteiger partial charge on any atom is -0.493 e. The third kappa shape index (κ3) is 3.65. The third-order valence-electron chi connectivity index (χ3n) is 6.35. The fourth-order valence-electron chi connectivity index (χ4n) is 4.74. The molecule has 4 heterocycles. The number of benzene rings is 1. The summed E-state index contributed by atoms with van der Waals surface area (Å²) in [6, 6.07) is 11.2. The van der Waals surface area contributed by atoms with Crippen molar-refractivity contribution >= 4 is 39.9 Å². The van der Waals surface area contributed by atoms with Gasteiger partial charge in [0.15, 0.2) is 5.75 Å². The number of carbonyl (C=O) groups excluding carboxylic acids is 1. The Labute approximate surface area is 207 Å². The summed E-state index contributed by atoms with van der Waals surface area (Å²) in [4.78, 5) is 26.0. The van der Waals surface area contributed by atoms with E-state index >= 15 is 0 Å². The SMILES string of the molecule is COc1c(Cl)cccc1Nc1c(-c2ccnc3ccc(OC(C)C)nc23)[nH]c2c1C(=O)N[C@@H]1C[C@H]21. The number of halogens is 1. The first-order valence-electron chi connectivity index (χ1n) is 11.5. The summed E-state index contributed by atoms with van der Waals surface area (Å²) in [6.07, 6.45) is 2.65. The number of rotatable bonds is 6. The van der Waals surface area contributed by atoms with Crippen molar-refractivity contribution in [1.29, 1.82) is 0 Å². The summed E-state index contributed by atoms with van der Waals surface area (Å²) < 4.78 is 11.4. The van der Waals surface area contributed by atoms with E-state index in [4.69, 9.17) is 26.1 Å². The molecule has 3 aromatic heterocycles. The molecule has 1 fully saturated rings. The number of amides is 1. The van der Waals surface area contributed by atoms with Crippen molar-refractivity contribution in [1.82, 2.24) is 20.3 Å². The van der Waals surface area contributed by atoms with Gasteiger partial charge in [0.25, 0.3) is 5.91 Å². The van der Waals surface area contributed by atoms with E-state index in [0.717, 1.165) is 28.9 Å². The molecule has 8 nitrogen and oxygen atoms in total. The second kappa shape index (κ2) is 8.16. The van der Waals surface area contributed by atoms with Crippen molar-refractivity contribution in [2.45, 2.75) is 38.3 Å². The number of hydrogen-bond acceptors (Lipinski definition) is 6. The van der Waals surface area contributed by atoms with Gasteiger partial charge in [0, 0.05) is 35.5 Å². The van der Waals surface area contributed by atoms with E-state index in [1.807, 2.05) is 44.2 Å². The average Bonchev–Trinajstić information content (AvgIpc) is 3.50. The van der Waals surface area contributed by atoms with E-state index in [1.54, 1.807) is 19.4 Å². The maximum absolute atomic E-state index is 13.2. The summed E-state index contributed by atoms with van der Waals surface area (Å²) in [6.45, 7) is 3.92. The Morgan fingerprint density at radius 1 is 1.20 bits per heavy atom. The lowest BCUT2D eigenvalue weighted by atomic mass is 10.0. The molecule has 35 heavy (non-hydrogen) atoms. The molecule has 4 aromatic rings. The zero-order valence-corrected chi connectivity index (χ0v) is 20.2. The van der Waals surface area contributed by atoms with Crippen LogP contribution in [-0.4, -0.2) is 40.1 Å². The highest BCUT2D eigenvalue weighted by Crippen LogP contribution is 2.50. The first-order chi connectivity index (χ1) is 16.9. The van der Waals surface area contributed by atoms with Gasteiger partial charge in [-0.15, -0.1) is 0 Å². The molecule has 2 aliphatic rings. The lowest BCUT2D eigenvalue weighted by Crippen LogP contribution is -2.31. The van der Waals surface area contributed by atoms with Crippen LogP contribution < -0.4 is 20.1 Å². The highest BCUT2D eigenvalue weighted by atomic mass is 35.5. The summed E-state index contributed by atoms with van der Waals surface area (Å²) in [7, 11) is 1.57. The number of para-hydroxylation sites is 1. The number of methoxy groups -OCH3 is 1. The first kappa shape index (κ1) is 21.7. The number of fused-ring (bicyclic) bond motifs is 4. The summed E-state index contributed by atoms with van der Waals surface area (Å²) >= 11 is 6.38. The number of nitrogens with one attached hydrogen (secondary N) is 3. The van der Waals surface area contributed by atoms with Gasteiger partial charge in [-0.1, -0.05) is 17.7 Å². The third-order valence-corrected chi connectivity index (χ3v) is 6.65. The molecule has 0 spiro atoms. The quantitative estimate of drug-likeness (QED) is 0.334. The number of aromatic nitrogens is 3. The van der Waals surface area contributed by atoms with E-state index < -0.39 is 0 Å². The summed E-state index contributed by atoms with van der Waals surface area (Å²) in [5.74, 6) is 1.17. The van der Waals surface area contributed by atoms with Gasteiger partial charge in [-0.05, 0) is 44.5 Å². The predicted octanol–water partition coefficient (Wildman–Crippen LogP) is 5.42. The molecule has 0 radical (unpaired) electrons. The Morgan fingerprint density at radius 3 is 2.86 bits per heavy atom. The molecule has 0 saturated heterocycles. The molecule has 1 amide bonds. The molecule has 0 bridgehead atoms. The van der Waals surface area contributed by atoms with Crippen LogP contribution in [0.2, 0.25) is 5.02 Å². The molecule has 1 aliphatic heterocycles. The maximum Gasteiger partial charge on any atom is 0.255 e. The molecule has 1 aliphatic carbocycles. The molecule has 178 valence electrons. The monoisotopic (exact) mass is 489 g/mol. The Morgan fingerprint density at radius 2 is 2.06 bits per heavy atom. The fraction of sp³-hybridized carbons (Fsp3) is 0.269. The van der Waals surface area contributed by atoms with Gasteiger partial charge in [-0.3, -0.25) is 9.78 Å². The Kier molecular flexibility index (Phi) is 5.07. The van der Waals surface area contributed by atoms with Crippen molar-refractivity contribution in [3.8, 4) is 22.9 Å². The van der Waals surface area contributed by atoms with Crippen LogP contribution in [0.3, 0.4) is 0 Å². The van der Waals surface area contributed by atoms with Gasteiger partial charge in [-0.25, -0.2) is 4.98 Å². The number of pyridine rings is 2. The van der Waals surface area contributed by atoms with Crippen LogP contribution in [0.5, 0.6) is 11.6 Å². The number of ether oxygens (including phenoxy) is 2. The Balaban J connectivity index is 1.57. The van der Waals surface area contributed by atoms with E-state index in [0.29, 0.717) is 39.1 Å². The predicted molar refractivity (Wildman–Crippen MR) is 135 cm³/mol. The van der Waals surface area contributed by atoms with E-state index in [-0.39, 0.29) is 24.0 Å². The molecule has 6 rings (SSSR count). The van der Waals surface area contributed by atoms with Crippen LogP contribution in [0, 0.1) is 0 Å². The molecule has 9 heteroatoms. The fourth-order valence-corrected chi connectivity index (χ4v) is 4.99. The lowest BCUT2D eigenvalue weighted by Gasteiger charge is -2.17. The van der Waals surface area contributed by atoms with Gasteiger partial charge in [0.1, 0.15) is 5.52 Å². The van der Waals surface area contributed by atoms with Crippen molar-refractivity contribution in [3.05, 3.63) is 58.9 Å². The van der Waals surface area contributed by atoms with Crippen molar-refractivity contribution in [3.63, 3.8) is 0 Å². The molecule has 1 aromatic carbocycles. The van der Waals surface area contributed by atoms with Crippen LogP contribution in [0.15, 0.2) is 42.6 Å². The number of nitrogens with zero attached hydrogens (tertiary/aromatic N) is 2. The second-order valence-corrected chi connectivity index (χ2v) is 9.48.